The Balaban J connectivity index is 1.78. The van der Waals surface area contributed by atoms with E-state index in [-0.39, 0.29) is 12.2 Å². The van der Waals surface area contributed by atoms with Gasteiger partial charge in [0.15, 0.2) is 0 Å². The molecule has 0 saturated heterocycles. The Morgan fingerprint density at radius 1 is 1.03 bits per heavy atom. The normalized spacial score (nSPS) is 10.3. The molecule has 150 valence electrons. The molecular weight excluding hydrogens is 372 g/mol. The first-order valence-electron chi connectivity index (χ1n) is 8.95. The fraction of sp³-hybridized carbons (Fsp3) is 0.182. The number of nitrogens with zero attached hydrogens (tertiary/aromatic N) is 1. The van der Waals surface area contributed by atoms with Gasteiger partial charge in [-0.05, 0) is 54.4 Å². The summed E-state index contributed by atoms with van der Waals surface area (Å²) in [4.78, 5) is 30.9. The van der Waals surface area contributed by atoms with E-state index >= 15 is 0 Å². The maximum absolute atomic E-state index is 12.7. The van der Waals surface area contributed by atoms with Gasteiger partial charge in [0, 0.05) is 6.20 Å². The third kappa shape index (κ3) is 4.76. The average molecular weight is 394 g/mol. The predicted octanol–water partition coefficient (Wildman–Crippen LogP) is 3.06. The molecule has 0 unspecified atom stereocenters. The lowest BCUT2D eigenvalue weighted by Crippen LogP contribution is -2.32. The van der Waals surface area contributed by atoms with Crippen LogP contribution in [0.25, 0.3) is 0 Å². The lowest BCUT2D eigenvalue weighted by atomic mass is 10.2. The van der Waals surface area contributed by atoms with Gasteiger partial charge in [0.2, 0.25) is 0 Å². The second kappa shape index (κ2) is 8.97. The number of benzene rings is 2. The van der Waals surface area contributed by atoms with Crippen LogP contribution in [0.15, 0.2) is 65.6 Å². The Bertz CT molecular complexity index is 1070. The maximum atomic E-state index is 12.7. The van der Waals surface area contributed by atoms with Crippen LogP contribution in [-0.2, 0) is 6.61 Å². The van der Waals surface area contributed by atoms with Gasteiger partial charge in [0.25, 0.3) is 11.5 Å². The number of anilines is 1. The highest BCUT2D eigenvalue weighted by molar-refractivity contribution is 6.04. The molecule has 2 aromatic carbocycles. The van der Waals surface area contributed by atoms with Crippen molar-refractivity contribution in [2.24, 2.45) is 0 Å². The molecule has 7 heteroatoms. The highest BCUT2D eigenvalue weighted by atomic mass is 16.7. The molecule has 0 bridgehead atoms. The van der Waals surface area contributed by atoms with Crippen LogP contribution in [0.4, 0.5) is 5.69 Å². The van der Waals surface area contributed by atoms with Crippen molar-refractivity contribution in [1.82, 2.24) is 4.73 Å². The highest BCUT2D eigenvalue weighted by Gasteiger charge is 2.15. The Labute approximate surface area is 168 Å². The van der Waals surface area contributed by atoms with Crippen molar-refractivity contribution in [3.05, 3.63) is 87.8 Å². The van der Waals surface area contributed by atoms with Gasteiger partial charge in [-0.25, -0.2) is 0 Å². The third-order valence-electron chi connectivity index (χ3n) is 4.27. The van der Waals surface area contributed by atoms with E-state index in [0.29, 0.717) is 17.2 Å². The molecule has 0 spiro atoms. The monoisotopic (exact) mass is 394 g/mol. The number of rotatable bonds is 7. The third-order valence-corrected chi connectivity index (χ3v) is 4.27. The van der Waals surface area contributed by atoms with Crippen molar-refractivity contribution in [2.45, 2.75) is 13.5 Å². The van der Waals surface area contributed by atoms with E-state index in [2.05, 4.69) is 5.32 Å². The van der Waals surface area contributed by atoms with E-state index < -0.39 is 11.5 Å². The summed E-state index contributed by atoms with van der Waals surface area (Å²) in [6.45, 7) is 2.05. The number of methoxy groups -OCH3 is 2. The van der Waals surface area contributed by atoms with Crippen LogP contribution in [0.2, 0.25) is 0 Å². The average Bonchev–Trinajstić information content (AvgIpc) is 2.73. The molecule has 0 aliphatic carbocycles. The van der Waals surface area contributed by atoms with E-state index in [1.54, 1.807) is 25.3 Å². The van der Waals surface area contributed by atoms with Gasteiger partial charge in [0.05, 0.1) is 19.9 Å². The van der Waals surface area contributed by atoms with Crippen molar-refractivity contribution in [3.8, 4) is 11.5 Å². The molecule has 3 aromatic rings. The van der Waals surface area contributed by atoms with Crippen molar-refractivity contribution in [3.63, 3.8) is 0 Å². The van der Waals surface area contributed by atoms with Crippen molar-refractivity contribution >= 4 is 11.6 Å². The van der Waals surface area contributed by atoms with E-state index in [9.17, 15) is 9.59 Å². The molecule has 0 aliphatic heterocycles. The van der Waals surface area contributed by atoms with E-state index in [1.807, 2.05) is 37.3 Å². The van der Waals surface area contributed by atoms with Crippen LogP contribution >= 0.6 is 0 Å². The molecule has 1 aromatic heterocycles. The fourth-order valence-corrected chi connectivity index (χ4v) is 2.77. The van der Waals surface area contributed by atoms with E-state index in [0.717, 1.165) is 15.9 Å². The molecule has 0 saturated carbocycles. The lowest BCUT2D eigenvalue weighted by Gasteiger charge is -2.12. The standard InChI is InChI=1S/C22H22N2O5/c1-15-9-10-20(28-3)19(12-15)23-21(25)18-8-5-11-24(22(18)26)29-14-16-6-4-7-17(13-16)27-2/h4-13H,14H2,1-3H3,(H,23,25). The molecule has 1 heterocycles. The van der Waals surface area contributed by atoms with Crippen LogP contribution in [-0.4, -0.2) is 24.9 Å². The zero-order valence-corrected chi connectivity index (χ0v) is 16.5. The van der Waals surface area contributed by atoms with Gasteiger partial charge in [-0.15, -0.1) is 0 Å². The van der Waals surface area contributed by atoms with Crippen LogP contribution in [0.3, 0.4) is 0 Å². The summed E-state index contributed by atoms with van der Waals surface area (Å²) in [5.74, 6) is 0.659. The summed E-state index contributed by atoms with van der Waals surface area (Å²) in [6, 6.07) is 15.7. The molecule has 7 nitrogen and oxygen atoms in total. The first-order chi connectivity index (χ1) is 14.0. The van der Waals surface area contributed by atoms with Gasteiger partial charge in [-0.1, -0.05) is 18.2 Å². The Hall–Kier alpha value is -3.74. The zero-order chi connectivity index (χ0) is 20.8. The number of hydrogen-bond acceptors (Lipinski definition) is 5. The Morgan fingerprint density at radius 3 is 2.62 bits per heavy atom. The number of nitrogens with one attached hydrogen (secondary N) is 1. The SMILES string of the molecule is COc1cccc(COn2cccc(C(=O)Nc3cc(C)ccc3OC)c2=O)c1. The lowest BCUT2D eigenvalue weighted by molar-refractivity contribution is 0.0862. The topological polar surface area (TPSA) is 78.8 Å². The number of aromatic nitrogens is 1. The zero-order valence-electron chi connectivity index (χ0n) is 16.5. The maximum Gasteiger partial charge on any atom is 0.295 e. The summed E-state index contributed by atoms with van der Waals surface area (Å²) in [6.07, 6.45) is 1.46. The molecule has 29 heavy (non-hydrogen) atoms. The molecule has 0 fully saturated rings. The van der Waals surface area contributed by atoms with Gasteiger partial charge < -0.3 is 19.6 Å². The summed E-state index contributed by atoms with van der Waals surface area (Å²) >= 11 is 0. The first-order valence-corrected chi connectivity index (χ1v) is 8.95. The van der Waals surface area contributed by atoms with E-state index in [4.69, 9.17) is 14.3 Å². The molecule has 1 N–H and O–H groups in total. The smallest absolute Gasteiger partial charge is 0.295 e. The van der Waals surface area contributed by atoms with Crippen LogP contribution in [0, 0.1) is 6.92 Å². The molecule has 0 atom stereocenters. The van der Waals surface area contributed by atoms with E-state index in [1.165, 1.54) is 19.4 Å². The van der Waals surface area contributed by atoms with Gasteiger partial charge in [-0.2, -0.15) is 4.73 Å². The second-order valence-corrected chi connectivity index (χ2v) is 6.34. The minimum Gasteiger partial charge on any atom is -0.497 e. The summed E-state index contributed by atoms with van der Waals surface area (Å²) in [5.41, 5.74) is 1.68. The quantitative estimate of drug-likeness (QED) is 0.666. The molecular formula is C22H22N2O5. The number of carbonyl (C=O) groups excluding carboxylic acids is 1. The van der Waals surface area contributed by atoms with Gasteiger partial charge in [-0.3, -0.25) is 9.59 Å². The predicted molar refractivity (Wildman–Crippen MR) is 110 cm³/mol. The van der Waals surface area contributed by atoms with Crippen LogP contribution in [0.5, 0.6) is 11.5 Å². The number of pyridine rings is 1. The van der Waals surface area contributed by atoms with Crippen molar-refractivity contribution in [2.75, 3.05) is 19.5 Å². The summed E-state index contributed by atoms with van der Waals surface area (Å²) < 4.78 is 11.5. The van der Waals surface area contributed by atoms with Gasteiger partial charge >= 0.3 is 0 Å². The van der Waals surface area contributed by atoms with Crippen LogP contribution < -0.4 is 25.2 Å². The fourth-order valence-electron chi connectivity index (χ4n) is 2.77. The number of amides is 1. The highest BCUT2D eigenvalue weighted by Crippen LogP contribution is 2.25. The van der Waals surface area contributed by atoms with Crippen LogP contribution in [0.1, 0.15) is 21.5 Å². The minimum atomic E-state index is -0.556. The molecule has 1 amide bonds. The number of ether oxygens (including phenoxy) is 2. The minimum absolute atomic E-state index is 0.0401. The first kappa shape index (κ1) is 20.0. The second-order valence-electron chi connectivity index (χ2n) is 6.34. The number of hydrogen-bond donors (Lipinski definition) is 1. The molecule has 0 radical (unpaired) electrons. The summed E-state index contributed by atoms with van der Waals surface area (Å²) in [7, 11) is 3.10. The number of carbonyl (C=O) groups is 1. The summed E-state index contributed by atoms with van der Waals surface area (Å²) in [5, 5.41) is 2.73. The number of aryl methyl sites for hydroxylation is 1. The molecule has 3 rings (SSSR count). The van der Waals surface area contributed by atoms with Gasteiger partial charge in [0.1, 0.15) is 23.7 Å². The van der Waals surface area contributed by atoms with Crippen molar-refractivity contribution < 1.29 is 19.1 Å². The largest absolute Gasteiger partial charge is 0.497 e. The molecule has 0 aliphatic rings. The Kier molecular flexibility index (Phi) is 6.19. The Morgan fingerprint density at radius 2 is 1.86 bits per heavy atom. The van der Waals surface area contributed by atoms with Crippen molar-refractivity contribution in [1.29, 1.82) is 0 Å².